The molecular formula is C16H19NO2. The Bertz CT molecular complexity index is 617. The Morgan fingerprint density at radius 1 is 1.37 bits per heavy atom. The lowest BCUT2D eigenvalue weighted by Crippen LogP contribution is -2.01. The molecule has 0 saturated heterocycles. The van der Waals surface area contributed by atoms with Crippen LogP contribution < -0.4 is 0 Å². The zero-order valence-electron chi connectivity index (χ0n) is 11.6. The van der Waals surface area contributed by atoms with Gasteiger partial charge in [-0.1, -0.05) is 32.0 Å². The first-order chi connectivity index (χ1) is 8.99. The summed E-state index contributed by atoms with van der Waals surface area (Å²) in [6.07, 6.45) is 0.611. The highest BCUT2D eigenvalue weighted by Gasteiger charge is 2.10. The van der Waals surface area contributed by atoms with Crippen molar-refractivity contribution in [2.75, 3.05) is 0 Å². The van der Waals surface area contributed by atoms with Crippen molar-refractivity contribution >= 4 is 16.9 Å². The number of rotatable bonds is 4. The summed E-state index contributed by atoms with van der Waals surface area (Å²) in [5.74, 6) is -0.373. The Morgan fingerprint density at radius 2 is 2.11 bits per heavy atom. The number of para-hydroxylation sites is 1. The molecule has 1 heterocycles. The van der Waals surface area contributed by atoms with Crippen LogP contribution in [-0.2, 0) is 11.2 Å². The highest BCUT2D eigenvalue weighted by Crippen LogP contribution is 2.26. The lowest BCUT2D eigenvalue weighted by atomic mass is 9.97. The smallest absolute Gasteiger partial charge is 0.303 e. The number of fused-ring (bicyclic) bond motifs is 1. The molecule has 1 aromatic heterocycles. The standard InChI is InChI=1S/C16H19NO2/c1-10(2)13-5-4-6-14-11(3)9-12(17-16(13)14)7-8-15(18)19/h4-6,9-10H,7-8H2,1-3H3,(H,18,19). The molecule has 0 amide bonds. The number of hydrogen-bond donors (Lipinski definition) is 1. The van der Waals surface area contributed by atoms with E-state index in [1.165, 1.54) is 5.56 Å². The Hall–Kier alpha value is -1.90. The predicted molar refractivity (Wildman–Crippen MR) is 76.5 cm³/mol. The third kappa shape index (κ3) is 2.92. The number of pyridine rings is 1. The zero-order chi connectivity index (χ0) is 14.0. The molecule has 0 aliphatic carbocycles. The molecule has 0 fully saturated rings. The van der Waals surface area contributed by atoms with Crippen molar-refractivity contribution in [1.29, 1.82) is 0 Å². The van der Waals surface area contributed by atoms with Gasteiger partial charge in [-0.2, -0.15) is 0 Å². The average Bonchev–Trinajstić information content (AvgIpc) is 2.35. The molecule has 0 unspecified atom stereocenters. The summed E-state index contributed by atoms with van der Waals surface area (Å²) >= 11 is 0. The molecule has 2 rings (SSSR count). The number of carbonyl (C=O) groups is 1. The second kappa shape index (κ2) is 5.39. The van der Waals surface area contributed by atoms with Crippen LogP contribution in [0.15, 0.2) is 24.3 Å². The van der Waals surface area contributed by atoms with Gasteiger partial charge in [0, 0.05) is 17.5 Å². The largest absolute Gasteiger partial charge is 0.481 e. The maximum Gasteiger partial charge on any atom is 0.303 e. The Morgan fingerprint density at radius 3 is 2.74 bits per heavy atom. The molecule has 0 radical (unpaired) electrons. The van der Waals surface area contributed by atoms with Crippen LogP contribution in [0.25, 0.3) is 10.9 Å². The van der Waals surface area contributed by atoms with Crippen LogP contribution in [0.5, 0.6) is 0 Å². The maximum atomic E-state index is 10.7. The van der Waals surface area contributed by atoms with Crippen LogP contribution in [-0.4, -0.2) is 16.1 Å². The van der Waals surface area contributed by atoms with Gasteiger partial charge in [-0.15, -0.1) is 0 Å². The van der Waals surface area contributed by atoms with Gasteiger partial charge in [-0.05, 0) is 30.0 Å². The lowest BCUT2D eigenvalue weighted by Gasteiger charge is -2.12. The van der Waals surface area contributed by atoms with E-state index in [2.05, 4.69) is 44.0 Å². The summed E-state index contributed by atoms with van der Waals surface area (Å²) in [5.41, 5.74) is 4.25. The van der Waals surface area contributed by atoms with Crippen LogP contribution >= 0.6 is 0 Å². The summed E-state index contributed by atoms with van der Waals surface area (Å²) in [6.45, 7) is 6.35. The fourth-order valence-corrected chi connectivity index (χ4v) is 2.34. The van der Waals surface area contributed by atoms with Gasteiger partial charge >= 0.3 is 5.97 Å². The van der Waals surface area contributed by atoms with Gasteiger partial charge in [0.15, 0.2) is 0 Å². The van der Waals surface area contributed by atoms with Crippen molar-refractivity contribution < 1.29 is 9.90 Å². The third-order valence-corrected chi connectivity index (χ3v) is 3.35. The van der Waals surface area contributed by atoms with Crippen molar-refractivity contribution in [3.05, 3.63) is 41.1 Å². The van der Waals surface area contributed by atoms with Gasteiger partial charge in [0.05, 0.1) is 11.9 Å². The van der Waals surface area contributed by atoms with Crippen molar-refractivity contribution in [3.63, 3.8) is 0 Å². The van der Waals surface area contributed by atoms with E-state index in [0.29, 0.717) is 12.3 Å². The van der Waals surface area contributed by atoms with E-state index in [9.17, 15) is 4.79 Å². The molecule has 19 heavy (non-hydrogen) atoms. The highest BCUT2D eigenvalue weighted by atomic mass is 16.4. The fourth-order valence-electron chi connectivity index (χ4n) is 2.34. The van der Waals surface area contributed by atoms with Crippen molar-refractivity contribution in [1.82, 2.24) is 4.98 Å². The van der Waals surface area contributed by atoms with E-state index in [1.54, 1.807) is 0 Å². The van der Waals surface area contributed by atoms with Crippen LogP contribution in [0.4, 0.5) is 0 Å². The van der Waals surface area contributed by atoms with Crippen molar-refractivity contribution in [2.24, 2.45) is 0 Å². The van der Waals surface area contributed by atoms with E-state index in [0.717, 1.165) is 22.2 Å². The maximum absolute atomic E-state index is 10.7. The molecule has 0 atom stereocenters. The zero-order valence-corrected chi connectivity index (χ0v) is 11.6. The summed E-state index contributed by atoms with van der Waals surface area (Å²) in [6, 6.07) is 8.23. The number of nitrogens with zero attached hydrogens (tertiary/aromatic N) is 1. The van der Waals surface area contributed by atoms with Crippen LogP contribution in [0.2, 0.25) is 0 Å². The van der Waals surface area contributed by atoms with Gasteiger partial charge in [-0.25, -0.2) is 0 Å². The Balaban J connectivity index is 2.53. The molecule has 0 bridgehead atoms. The minimum Gasteiger partial charge on any atom is -0.481 e. The van der Waals surface area contributed by atoms with Crippen molar-refractivity contribution in [3.8, 4) is 0 Å². The summed E-state index contributed by atoms with van der Waals surface area (Å²) in [5, 5.41) is 9.93. The normalized spacial score (nSPS) is 11.2. The monoisotopic (exact) mass is 257 g/mol. The number of carboxylic acid groups (broad SMARTS) is 1. The van der Waals surface area contributed by atoms with Crippen molar-refractivity contribution in [2.45, 2.75) is 39.5 Å². The number of aryl methyl sites for hydroxylation is 2. The topological polar surface area (TPSA) is 50.2 Å². The molecular weight excluding hydrogens is 238 g/mol. The molecule has 0 aliphatic rings. The summed E-state index contributed by atoms with van der Waals surface area (Å²) in [7, 11) is 0. The lowest BCUT2D eigenvalue weighted by molar-refractivity contribution is -0.136. The first kappa shape index (κ1) is 13.5. The molecule has 1 N–H and O–H groups in total. The molecule has 0 spiro atoms. The SMILES string of the molecule is Cc1cc(CCC(=O)O)nc2c(C(C)C)cccc12. The molecule has 0 aliphatic heterocycles. The number of aliphatic carboxylic acids is 1. The molecule has 1 aromatic carbocycles. The molecule has 100 valence electrons. The van der Waals surface area contributed by atoms with E-state index in [-0.39, 0.29) is 6.42 Å². The quantitative estimate of drug-likeness (QED) is 0.908. The molecule has 3 heteroatoms. The van der Waals surface area contributed by atoms with Gasteiger partial charge < -0.3 is 5.11 Å². The van der Waals surface area contributed by atoms with E-state index in [4.69, 9.17) is 5.11 Å². The van der Waals surface area contributed by atoms with E-state index < -0.39 is 5.97 Å². The van der Waals surface area contributed by atoms with Crippen LogP contribution in [0.1, 0.15) is 43.0 Å². The molecule has 2 aromatic rings. The highest BCUT2D eigenvalue weighted by molar-refractivity contribution is 5.85. The minimum atomic E-state index is -0.781. The number of aromatic nitrogens is 1. The van der Waals surface area contributed by atoms with E-state index >= 15 is 0 Å². The predicted octanol–water partition coefficient (Wildman–Crippen LogP) is 3.68. The first-order valence-electron chi connectivity index (χ1n) is 6.60. The summed E-state index contributed by atoms with van der Waals surface area (Å²) < 4.78 is 0. The molecule has 0 saturated carbocycles. The van der Waals surface area contributed by atoms with E-state index in [1.807, 2.05) is 6.07 Å². The second-order valence-corrected chi connectivity index (χ2v) is 5.22. The van der Waals surface area contributed by atoms with Gasteiger partial charge in [0.2, 0.25) is 0 Å². The number of hydrogen-bond acceptors (Lipinski definition) is 2. The second-order valence-electron chi connectivity index (χ2n) is 5.22. The fraction of sp³-hybridized carbons (Fsp3) is 0.375. The molecule has 3 nitrogen and oxygen atoms in total. The number of carboxylic acids is 1. The van der Waals surface area contributed by atoms with Gasteiger partial charge in [0.25, 0.3) is 0 Å². The average molecular weight is 257 g/mol. The van der Waals surface area contributed by atoms with Gasteiger partial charge in [0.1, 0.15) is 0 Å². The Labute approximate surface area is 113 Å². The Kier molecular flexibility index (Phi) is 3.84. The van der Waals surface area contributed by atoms with Crippen LogP contribution in [0, 0.1) is 6.92 Å². The minimum absolute atomic E-state index is 0.127. The van der Waals surface area contributed by atoms with Crippen LogP contribution in [0.3, 0.4) is 0 Å². The third-order valence-electron chi connectivity index (χ3n) is 3.35. The summed E-state index contributed by atoms with van der Waals surface area (Å²) in [4.78, 5) is 15.3. The van der Waals surface area contributed by atoms with Gasteiger partial charge in [-0.3, -0.25) is 9.78 Å². The number of benzene rings is 1. The first-order valence-corrected chi connectivity index (χ1v) is 6.60.